The molecule has 0 aliphatic heterocycles. The summed E-state index contributed by atoms with van der Waals surface area (Å²) in [6, 6.07) is 14.4. The molecule has 4 rings (SSSR count). The monoisotopic (exact) mass is 429 g/mol. The molecule has 0 aliphatic rings. The number of nitrogens with zero attached hydrogens (tertiary/aromatic N) is 3. The summed E-state index contributed by atoms with van der Waals surface area (Å²) < 4.78 is 11.4. The molecule has 8 heteroatoms. The molecule has 4 aromatic rings. The quantitative estimate of drug-likeness (QED) is 0.429. The Kier molecular flexibility index (Phi) is 6.12. The molecule has 0 aliphatic carbocycles. The average molecular weight is 429 g/mol. The molecule has 8 nitrogen and oxygen atoms in total. The molecule has 0 spiro atoms. The molecule has 162 valence electrons. The Labute approximate surface area is 185 Å². The lowest BCUT2D eigenvalue weighted by atomic mass is 10.1. The second kappa shape index (κ2) is 9.30. The average Bonchev–Trinajstić information content (AvgIpc) is 2.82. The number of amides is 1. The summed E-state index contributed by atoms with van der Waals surface area (Å²) in [5, 5.41) is 3.97. The zero-order chi connectivity index (χ0) is 22.5. The summed E-state index contributed by atoms with van der Waals surface area (Å²) in [5.41, 5.74) is 7.87. The number of hydrogen-bond donors (Lipinski definition) is 2. The Morgan fingerprint density at radius 2 is 1.94 bits per heavy atom. The number of nitrogens with two attached hydrogens (primary N) is 1. The number of carbonyl (C=O) groups excluding carboxylic acids is 1. The maximum atomic E-state index is 11.9. The van der Waals surface area contributed by atoms with E-state index >= 15 is 0 Å². The molecule has 0 unspecified atom stereocenters. The molecule has 0 atom stereocenters. The first-order chi connectivity index (χ1) is 15.6. The SMILES string of the molecule is CCCOc1cc2c(Nc3ccccc3C(N)=O)nc(-c3cccnc3)nc2cc1OC. The van der Waals surface area contributed by atoms with Gasteiger partial charge in [0.25, 0.3) is 5.91 Å². The number of pyridine rings is 1. The van der Waals surface area contributed by atoms with E-state index < -0.39 is 5.91 Å². The van der Waals surface area contributed by atoms with E-state index in [-0.39, 0.29) is 0 Å². The highest BCUT2D eigenvalue weighted by molar-refractivity contribution is 6.01. The Balaban J connectivity index is 1.92. The maximum absolute atomic E-state index is 11.9. The number of anilines is 2. The van der Waals surface area contributed by atoms with Crippen LogP contribution in [-0.2, 0) is 0 Å². The molecular formula is C24H23N5O3. The highest BCUT2D eigenvalue weighted by Gasteiger charge is 2.16. The standard InChI is InChI=1S/C24H23N5O3/c1-3-11-32-21-12-17-19(13-20(21)31-2)28-23(15-7-6-10-26-14-15)29-24(17)27-18-9-5-4-8-16(18)22(25)30/h4-10,12-14H,3,11H2,1-2H3,(H2,25,30)(H,27,28,29). The van der Waals surface area contributed by atoms with Gasteiger partial charge in [0.2, 0.25) is 0 Å². The Morgan fingerprint density at radius 3 is 2.66 bits per heavy atom. The number of primary amides is 1. The van der Waals surface area contributed by atoms with Crippen molar-refractivity contribution in [3.63, 3.8) is 0 Å². The van der Waals surface area contributed by atoms with Crippen LogP contribution in [0.3, 0.4) is 0 Å². The lowest BCUT2D eigenvalue weighted by molar-refractivity contribution is 0.100. The van der Waals surface area contributed by atoms with Crippen molar-refractivity contribution in [1.82, 2.24) is 15.0 Å². The first kappa shape index (κ1) is 21.0. The number of aromatic nitrogens is 3. The number of benzene rings is 2. The third-order valence-electron chi connectivity index (χ3n) is 4.81. The van der Waals surface area contributed by atoms with Crippen LogP contribution in [0.5, 0.6) is 11.5 Å². The number of nitrogens with one attached hydrogen (secondary N) is 1. The number of ether oxygens (including phenoxy) is 2. The van der Waals surface area contributed by atoms with Crippen LogP contribution in [0, 0.1) is 0 Å². The minimum absolute atomic E-state index is 0.359. The molecule has 2 aromatic carbocycles. The molecule has 0 bridgehead atoms. The van der Waals surface area contributed by atoms with Gasteiger partial charge < -0.3 is 20.5 Å². The number of methoxy groups -OCH3 is 1. The third-order valence-corrected chi connectivity index (χ3v) is 4.81. The second-order valence-electron chi connectivity index (χ2n) is 7.04. The van der Waals surface area contributed by atoms with Gasteiger partial charge in [-0.05, 0) is 36.8 Å². The summed E-state index contributed by atoms with van der Waals surface area (Å²) in [6.07, 6.45) is 4.24. The van der Waals surface area contributed by atoms with Crippen LogP contribution in [0.1, 0.15) is 23.7 Å². The number of hydrogen-bond acceptors (Lipinski definition) is 7. The highest BCUT2D eigenvalue weighted by Crippen LogP contribution is 2.36. The summed E-state index contributed by atoms with van der Waals surface area (Å²) in [4.78, 5) is 25.5. The van der Waals surface area contributed by atoms with Crippen LogP contribution in [-0.4, -0.2) is 34.6 Å². The van der Waals surface area contributed by atoms with E-state index in [0.717, 1.165) is 12.0 Å². The number of fused-ring (bicyclic) bond motifs is 1. The summed E-state index contributed by atoms with van der Waals surface area (Å²) in [6.45, 7) is 2.58. The van der Waals surface area contributed by atoms with E-state index in [4.69, 9.17) is 25.2 Å². The Hall–Kier alpha value is -4.20. The molecule has 32 heavy (non-hydrogen) atoms. The van der Waals surface area contributed by atoms with Gasteiger partial charge in [-0.25, -0.2) is 9.97 Å². The van der Waals surface area contributed by atoms with E-state index in [1.54, 1.807) is 37.7 Å². The predicted molar refractivity (Wildman–Crippen MR) is 123 cm³/mol. The molecule has 0 saturated carbocycles. The van der Waals surface area contributed by atoms with Crippen molar-refractivity contribution in [2.75, 3.05) is 19.0 Å². The van der Waals surface area contributed by atoms with Gasteiger partial charge in [0.15, 0.2) is 17.3 Å². The largest absolute Gasteiger partial charge is 0.493 e. The number of para-hydroxylation sites is 1. The summed E-state index contributed by atoms with van der Waals surface area (Å²) >= 11 is 0. The number of rotatable bonds is 8. The molecule has 0 fully saturated rings. The van der Waals surface area contributed by atoms with Crippen molar-refractivity contribution >= 4 is 28.3 Å². The molecular weight excluding hydrogens is 406 g/mol. The summed E-state index contributed by atoms with van der Waals surface area (Å²) in [7, 11) is 1.59. The van der Waals surface area contributed by atoms with Crippen molar-refractivity contribution in [3.05, 3.63) is 66.5 Å². The Bertz CT molecular complexity index is 1260. The normalized spacial score (nSPS) is 10.7. The van der Waals surface area contributed by atoms with E-state index in [9.17, 15) is 4.79 Å². The third kappa shape index (κ3) is 4.29. The van der Waals surface area contributed by atoms with Gasteiger partial charge >= 0.3 is 0 Å². The van der Waals surface area contributed by atoms with Crippen LogP contribution in [0.2, 0.25) is 0 Å². The Morgan fingerprint density at radius 1 is 1.09 bits per heavy atom. The van der Waals surface area contributed by atoms with Crippen LogP contribution in [0.15, 0.2) is 60.9 Å². The van der Waals surface area contributed by atoms with Gasteiger partial charge in [-0.2, -0.15) is 0 Å². The van der Waals surface area contributed by atoms with Crippen LogP contribution >= 0.6 is 0 Å². The first-order valence-corrected chi connectivity index (χ1v) is 10.2. The van der Waals surface area contributed by atoms with E-state index in [1.807, 2.05) is 37.3 Å². The molecule has 2 aromatic heterocycles. The smallest absolute Gasteiger partial charge is 0.250 e. The fourth-order valence-corrected chi connectivity index (χ4v) is 3.27. The molecule has 0 radical (unpaired) electrons. The minimum atomic E-state index is -0.535. The van der Waals surface area contributed by atoms with Crippen LogP contribution < -0.4 is 20.5 Å². The molecule has 2 heterocycles. The van der Waals surface area contributed by atoms with E-state index in [2.05, 4.69) is 10.3 Å². The molecule has 1 amide bonds. The van der Waals surface area contributed by atoms with Crippen LogP contribution in [0.25, 0.3) is 22.3 Å². The first-order valence-electron chi connectivity index (χ1n) is 10.2. The van der Waals surface area contributed by atoms with Gasteiger partial charge in [-0.1, -0.05) is 19.1 Å². The van der Waals surface area contributed by atoms with E-state index in [1.165, 1.54) is 0 Å². The van der Waals surface area contributed by atoms with E-state index in [0.29, 0.717) is 51.9 Å². The fraction of sp³-hybridized carbons (Fsp3) is 0.167. The van der Waals surface area contributed by atoms with Gasteiger partial charge in [-0.15, -0.1) is 0 Å². The zero-order valence-electron chi connectivity index (χ0n) is 17.8. The van der Waals surface area contributed by atoms with Crippen LogP contribution in [0.4, 0.5) is 11.5 Å². The van der Waals surface area contributed by atoms with Gasteiger partial charge in [0.1, 0.15) is 5.82 Å². The summed E-state index contributed by atoms with van der Waals surface area (Å²) in [5.74, 6) is 1.61. The number of carbonyl (C=O) groups is 1. The lowest BCUT2D eigenvalue weighted by Crippen LogP contribution is -2.13. The van der Waals surface area contributed by atoms with Crippen molar-refractivity contribution in [2.45, 2.75) is 13.3 Å². The van der Waals surface area contributed by atoms with Gasteiger partial charge in [-0.3, -0.25) is 9.78 Å². The van der Waals surface area contributed by atoms with Crippen molar-refractivity contribution in [3.8, 4) is 22.9 Å². The predicted octanol–water partition coefficient (Wildman–Crippen LogP) is 4.33. The molecule has 3 N–H and O–H groups in total. The van der Waals surface area contributed by atoms with Crippen molar-refractivity contribution < 1.29 is 14.3 Å². The second-order valence-corrected chi connectivity index (χ2v) is 7.04. The van der Waals surface area contributed by atoms with Crippen molar-refractivity contribution in [1.29, 1.82) is 0 Å². The maximum Gasteiger partial charge on any atom is 0.250 e. The van der Waals surface area contributed by atoms with Gasteiger partial charge in [0, 0.05) is 29.4 Å². The molecule has 0 saturated heterocycles. The minimum Gasteiger partial charge on any atom is -0.493 e. The fourth-order valence-electron chi connectivity index (χ4n) is 3.27. The lowest BCUT2D eigenvalue weighted by Gasteiger charge is -2.16. The highest BCUT2D eigenvalue weighted by atomic mass is 16.5. The van der Waals surface area contributed by atoms with Crippen molar-refractivity contribution in [2.24, 2.45) is 5.73 Å². The van der Waals surface area contributed by atoms with Gasteiger partial charge in [0.05, 0.1) is 30.5 Å². The zero-order valence-corrected chi connectivity index (χ0v) is 17.8. The topological polar surface area (TPSA) is 112 Å².